The maximum Gasteiger partial charge on any atom is 0.303 e. The second-order valence-electron chi connectivity index (χ2n) is 7.38. The van der Waals surface area contributed by atoms with E-state index in [0.29, 0.717) is 0 Å². The molecular weight excluding hydrogens is 310 g/mol. The van der Waals surface area contributed by atoms with Crippen molar-refractivity contribution in [1.29, 1.82) is 0 Å². The number of hydrogen-bond acceptors (Lipinski definition) is 2. The predicted molar refractivity (Wildman–Crippen MR) is 104 cm³/mol. The van der Waals surface area contributed by atoms with Crippen LogP contribution in [0, 0.1) is 12.8 Å². The summed E-state index contributed by atoms with van der Waals surface area (Å²) in [4.78, 5) is 13.7. The zero-order chi connectivity index (χ0) is 18.6. The number of aryl methyl sites for hydroxylation is 1. The van der Waals surface area contributed by atoms with Crippen molar-refractivity contribution in [2.75, 3.05) is 6.54 Å². The minimum Gasteiger partial charge on any atom is -0.481 e. The molecular formula is C22H31NO2. The normalized spacial score (nSPS) is 22.4. The number of likely N-dealkylation sites (tertiary alicyclic amines) is 1. The molecule has 1 saturated heterocycles. The smallest absolute Gasteiger partial charge is 0.303 e. The van der Waals surface area contributed by atoms with Gasteiger partial charge in [0.15, 0.2) is 0 Å². The molecule has 0 unspecified atom stereocenters. The molecule has 3 atom stereocenters. The lowest BCUT2D eigenvalue weighted by Crippen LogP contribution is -2.44. The first-order chi connectivity index (χ1) is 11.8. The maximum absolute atomic E-state index is 11.2. The minimum absolute atomic E-state index is 0.232. The number of piperidine rings is 1. The summed E-state index contributed by atoms with van der Waals surface area (Å²) in [6, 6.07) is 9.15. The average molecular weight is 341 g/mol. The van der Waals surface area contributed by atoms with Crippen molar-refractivity contribution < 1.29 is 9.90 Å². The van der Waals surface area contributed by atoms with Crippen molar-refractivity contribution in [3.05, 3.63) is 59.7 Å². The van der Waals surface area contributed by atoms with Gasteiger partial charge in [0, 0.05) is 18.5 Å². The zero-order valence-electron chi connectivity index (χ0n) is 15.8. The van der Waals surface area contributed by atoms with Crippen LogP contribution in [0.2, 0.25) is 0 Å². The van der Waals surface area contributed by atoms with Gasteiger partial charge in [-0.05, 0) is 56.7 Å². The summed E-state index contributed by atoms with van der Waals surface area (Å²) in [5.74, 6) is -0.463. The molecule has 0 bridgehead atoms. The van der Waals surface area contributed by atoms with Crippen molar-refractivity contribution >= 4 is 5.97 Å². The molecule has 3 heteroatoms. The molecule has 0 aliphatic carbocycles. The average Bonchev–Trinajstić information content (AvgIpc) is 2.56. The van der Waals surface area contributed by atoms with Crippen LogP contribution in [-0.4, -0.2) is 28.6 Å². The van der Waals surface area contributed by atoms with Gasteiger partial charge in [-0.15, -0.1) is 0 Å². The van der Waals surface area contributed by atoms with Gasteiger partial charge in [0.05, 0.1) is 0 Å². The standard InChI is InChI=1S/C22H31NO2/c1-6-20(17(5)15(2)3)23-12-11-18(14-22(24)25)13-21(23)19-9-7-16(4)8-10-19/h7-10,18,20-21H,2,5-6,11-14H2,1,3-4H3,(H,24,25)/t18-,20+,21+/m1/s1. The number of carbonyl (C=O) groups is 1. The highest BCUT2D eigenvalue weighted by atomic mass is 16.4. The van der Waals surface area contributed by atoms with E-state index in [2.05, 4.69) is 56.2 Å². The molecule has 25 heavy (non-hydrogen) atoms. The first kappa shape index (κ1) is 19.5. The Morgan fingerprint density at radius 3 is 2.48 bits per heavy atom. The molecule has 2 rings (SSSR count). The molecule has 0 spiro atoms. The Hall–Kier alpha value is -1.87. The Labute approximate surface area is 152 Å². The van der Waals surface area contributed by atoms with Gasteiger partial charge in [-0.3, -0.25) is 9.69 Å². The molecule has 136 valence electrons. The van der Waals surface area contributed by atoms with Crippen LogP contribution in [0.1, 0.15) is 56.7 Å². The Morgan fingerprint density at radius 2 is 1.96 bits per heavy atom. The topological polar surface area (TPSA) is 40.5 Å². The van der Waals surface area contributed by atoms with Crippen molar-refractivity contribution in [2.45, 2.75) is 58.5 Å². The zero-order valence-corrected chi connectivity index (χ0v) is 15.8. The van der Waals surface area contributed by atoms with E-state index in [9.17, 15) is 9.90 Å². The van der Waals surface area contributed by atoms with Crippen LogP contribution in [0.15, 0.2) is 48.6 Å². The van der Waals surface area contributed by atoms with Gasteiger partial charge in [-0.1, -0.05) is 55.5 Å². The third-order valence-corrected chi connectivity index (χ3v) is 5.42. The van der Waals surface area contributed by atoms with E-state index in [-0.39, 0.29) is 24.4 Å². The number of carboxylic acids is 1. The Morgan fingerprint density at radius 1 is 1.32 bits per heavy atom. The highest BCUT2D eigenvalue weighted by Gasteiger charge is 2.35. The highest BCUT2D eigenvalue weighted by molar-refractivity contribution is 5.67. The van der Waals surface area contributed by atoms with E-state index < -0.39 is 5.97 Å². The van der Waals surface area contributed by atoms with E-state index in [1.54, 1.807) is 0 Å². The molecule has 1 aliphatic heterocycles. The largest absolute Gasteiger partial charge is 0.481 e. The third kappa shape index (κ3) is 4.82. The van der Waals surface area contributed by atoms with Gasteiger partial charge < -0.3 is 5.11 Å². The second-order valence-corrected chi connectivity index (χ2v) is 7.38. The molecule has 1 aromatic carbocycles. The van der Waals surface area contributed by atoms with Crippen molar-refractivity contribution in [3.63, 3.8) is 0 Å². The van der Waals surface area contributed by atoms with Crippen LogP contribution in [-0.2, 0) is 4.79 Å². The fourth-order valence-electron chi connectivity index (χ4n) is 3.94. The van der Waals surface area contributed by atoms with Gasteiger partial charge in [0.1, 0.15) is 0 Å². The number of rotatable bonds is 7. The second kappa shape index (κ2) is 8.48. The number of hydrogen-bond donors (Lipinski definition) is 1. The summed E-state index contributed by atoms with van der Waals surface area (Å²) in [5.41, 5.74) is 4.64. The van der Waals surface area contributed by atoms with Gasteiger partial charge in [0.2, 0.25) is 0 Å². The van der Waals surface area contributed by atoms with E-state index >= 15 is 0 Å². The molecule has 1 heterocycles. The molecule has 3 nitrogen and oxygen atoms in total. The van der Waals surface area contributed by atoms with Crippen LogP contribution in [0.4, 0.5) is 0 Å². The van der Waals surface area contributed by atoms with E-state index in [1.165, 1.54) is 11.1 Å². The summed E-state index contributed by atoms with van der Waals surface area (Å²) in [6.07, 6.45) is 3.05. The highest BCUT2D eigenvalue weighted by Crippen LogP contribution is 2.39. The lowest BCUT2D eigenvalue weighted by atomic mass is 9.82. The number of benzene rings is 1. The molecule has 0 radical (unpaired) electrons. The monoisotopic (exact) mass is 341 g/mol. The molecule has 1 N–H and O–H groups in total. The minimum atomic E-state index is -0.695. The van der Waals surface area contributed by atoms with Crippen LogP contribution < -0.4 is 0 Å². The van der Waals surface area contributed by atoms with Gasteiger partial charge >= 0.3 is 5.97 Å². The van der Waals surface area contributed by atoms with E-state index in [1.807, 2.05) is 6.92 Å². The van der Waals surface area contributed by atoms with Crippen molar-refractivity contribution in [2.24, 2.45) is 5.92 Å². The molecule has 1 fully saturated rings. The number of carboxylic acid groups (broad SMARTS) is 1. The quantitative estimate of drug-likeness (QED) is 0.699. The van der Waals surface area contributed by atoms with Crippen LogP contribution in [0.5, 0.6) is 0 Å². The fraction of sp³-hybridized carbons (Fsp3) is 0.500. The third-order valence-electron chi connectivity index (χ3n) is 5.42. The summed E-state index contributed by atoms with van der Waals surface area (Å²) in [7, 11) is 0. The van der Waals surface area contributed by atoms with Crippen molar-refractivity contribution in [1.82, 2.24) is 4.90 Å². The maximum atomic E-state index is 11.2. The predicted octanol–water partition coefficient (Wildman–Crippen LogP) is 5.13. The Kier molecular flexibility index (Phi) is 6.60. The number of nitrogens with zero attached hydrogens (tertiary/aromatic N) is 1. The summed E-state index contributed by atoms with van der Waals surface area (Å²) < 4.78 is 0. The number of aliphatic carboxylic acids is 1. The summed E-state index contributed by atoms with van der Waals surface area (Å²) >= 11 is 0. The summed E-state index contributed by atoms with van der Waals surface area (Å²) in [6.45, 7) is 15.6. The first-order valence-corrected chi connectivity index (χ1v) is 9.22. The lowest BCUT2D eigenvalue weighted by Gasteiger charge is -2.44. The summed E-state index contributed by atoms with van der Waals surface area (Å²) in [5, 5.41) is 9.20. The van der Waals surface area contributed by atoms with E-state index in [4.69, 9.17) is 0 Å². The Balaban J connectivity index is 2.32. The Bertz CT molecular complexity index is 632. The van der Waals surface area contributed by atoms with Crippen LogP contribution >= 0.6 is 0 Å². The van der Waals surface area contributed by atoms with Gasteiger partial charge in [-0.25, -0.2) is 0 Å². The van der Waals surface area contributed by atoms with Gasteiger partial charge in [0.25, 0.3) is 0 Å². The molecule has 0 aromatic heterocycles. The van der Waals surface area contributed by atoms with E-state index in [0.717, 1.165) is 37.0 Å². The SMILES string of the molecule is C=C(C)C(=C)[C@H](CC)N1CC[C@@H](CC(=O)O)C[C@H]1c1ccc(C)cc1. The molecule has 0 amide bonds. The van der Waals surface area contributed by atoms with Gasteiger partial charge in [-0.2, -0.15) is 0 Å². The molecule has 0 saturated carbocycles. The van der Waals surface area contributed by atoms with Crippen molar-refractivity contribution in [3.8, 4) is 0 Å². The fourth-order valence-corrected chi connectivity index (χ4v) is 3.94. The van der Waals surface area contributed by atoms with Crippen LogP contribution in [0.25, 0.3) is 0 Å². The molecule has 1 aliphatic rings. The lowest BCUT2D eigenvalue weighted by molar-refractivity contribution is -0.138. The van der Waals surface area contributed by atoms with Crippen LogP contribution in [0.3, 0.4) is 0 Å². The molecule has 1 aromatic rings. The first-order valence-electron chi connectivity index (χ1n) is 9.22.